The Morgan fingerprint density at radius 3 is 2.20 bits per heavy atom. The standard InChI is InChI=1S/C20H25N3O2/c1-20(2,3)15-10-8-14(9-11-15)18(24)23-17-7-5-4-6-16(17)19(25)22-13-12-21/h4-11H,12-13,21H2,1-3H3,(H,22,25)(H,23,24). The first-order valence-electron chi connectivity index (χ1n) is 8.32. The minimum Gasteiger partial charge on any atom is -0.351 e. The molecule has 132 valence electrons. The van der Waals surface area contributed by atoms with Gasteiger partial charge in [-0.15, -0.1) is 0 Å². The number of hydrogen-bond donors (Lipinski definition) is 3. The van der Waals surface area contributed by atoms with Gasteiger partial charge in [0.15, 0.2) is 0 Å². The van der Waals surface area contributed by atoms with Crippen LogP contribution in [0.2, 0.25) is 0 Å². The molecule has 0 aliphatic rings. The number of para-hydroxylation sites is 1. The maximum Gasteiger partial charge on any atom is 0.255 e. The Bertz CT molecular complexity index is 746. The SMILES string of the molecule is CC(C)(C)c1ccc(C(=O)Nc2ccccc2C(=O)NCCN)cc1. The molecule has 0 spiro atoms. The van der Waals surface area contributed by atoms with Gasteiger partial charge < -0.3 is 16.4 Å². The number of carbonyl (C=O) groups is 2. The summed E-state index contributed by atoms with van der Waals surface area (Å²) in [5.74, 6) is -0.510. The zero-order valence-corrected chi connectivity index (χ0v) is 14.9. The molecule has 0 aliphatic carbocycles. The number of hydrogen-bond acceptors (Lipinski definition) is 3. The van der Waals surface area contributed by atoms with E-state index in [9.17, 15) is 9.59 Å². The summed E-state index contributed by atoms with van der Waals surface area (Å²) in [6.45, 7) is 7.12. The topological polar surface area (TPSA) is 84.2 Å². The molecule has 0 aromatic heterocycles. The zero-order chi connectivity index (χ0) is 18.4. The number of rotatable bonds is 5. The number of nitrogens with one attached hydrogen (secondary N) is 2. The van der Waals surface area contributed by atoms with E-state index in [2.05, 4.69) is 31.4 Å². The third-order valence-corrected chi connectivity index (χ3v) is 3.86. The molecule has 5 nitrogen and oxygen atoms in total. The van der Waals surface area contributed by atoms with E-state index in [0.29, 0.717) is 29.9 Å². The van der Waals surface area contributed by atoms with Crippen molar-refractivity contribution in [3.63, 3.8) is 0 Å². The number of carbonyl (C=O) groups excluding carboxylic acids is 2. The van der Waals surface area contributed by atoms with Gasteiger partial charge >= 0.3 is 0 Å². The van der Waals surface area contributed by atoms with Gasteiger partial charge in [0.2, 0.25) is 0 Å². The fourth-order valence-corrected chi connectivity index (χ4v) is 2.39. The zero-order valence-electron chi connectivity index (χ0n) is 14.9. The average molecular weight is 339 g/mol. The molecular weight excluding hydrogens is 314 g/mol. The van der Waals surface area contributed by atoms with Crippen molar-refractivity contribution in [3.05, 3.63) is 65.2 Å². The van der Waals surface area contributed by atoms with Crippen molar-refractivity contribution in [1.29, 1.82) is 0 Å². The Morgan fingerprint density at radius 1 is 0.960 bits per heavy atom. The number of nitrogens with two attached hydrogens (primary N) is 1. The minimum atomic E-state index is -0.260. The van der Waals surface area contributed by atoms with Crippen molar-refractivity contribution >= 4 is 17.5 Å². The lowest BCUT2D eigenvalue weighted by Gasteiger charge is -2.19. The summed E-state index contributed by atoms with van der Waals surface area (Å²) in [6.07, 6.45) is 0. The molecule has 0 heterocycles. The highest BCUT2D eigenvalue weighted by Gasteiger charge is 2.16. The van der Waals surface area contributed by atoms with E-state index in [1.807, 2.05) is 12.1 Å². The molecule has 0 saturated heterocycles. The summed E-state index contributed by atoms with van der Waals surface area (Å²) >= 11 is 0. The van der Waals surface area contributed by atoms with Crippen LogP contribution in [0.5, 0.6) is 0 Å². The van der Waals surface area contributed by atoms with E-state index in [0.717, 1.165) is 5.56 Å². The van der Waals surface area contributed by atoms with Crippen LogP contribution in [0.25, 0.3) is 0 Å². The molecule has 0 fully saturated rings. The van der Waals surface area contributed by atoms with Crippen molar-refractivity contribution in [3.8, 4) is 0 Å². The summed E-state index contributed by atoms with van der Waals surface area (Å²) < 4.78 is 0. The molecule has 4 N–H and O–H groups in total. The molecule has 2 rings (SSSR count). The number of amides is 2. The van der Waals surface area contributed by atoms with Crippen LogP contribution in [0.1, 0.15) is 47.1 Å². The second-order valence-corrected chi connectivity index (χ2v) is 6.87. The molecule has 2 aromatic rings. The predicted octanol–water partition coefficient (Wildman–Crippen LogP) is 2.92. The monoisotopic (exact) mass is 339 g/mol. The Morgan fingerprint density at radius 2 is 1.60 bits per heavy atom. The third-order valence-electron chi connectivity index (χ3n) is 3.86. The smallest absolute Gasteiger partial charge is 0.255 e. The predicted molar refractivity (Wildman–Crippen MR) is 101 cm³/mol. The van der Waals surface area contributed by atoms with Crippen LogP contribution >= 0.6 is 0 Å². The molecular formula is C20H25N3O2. The van der Waals surface area contributed by atoms with Crippen molar-refractivity contribution < 1.29 is 9.59 Å². The fourth-order valence-electron chi connectivity index (χ4n) is 2.39. The molecule has 0 bridgehead atoms. The molecule has 2 aromatic carbocycles. The minimum absolute atomic E-state index is 0.0304. The summed E-state index contributed by atoms with van der Waals surface area (Å²) in [7, 11) is 0. The van der Waals surface area contributed by atoms with Crippen LogP contribution in [0, 0.1) is 0 Å². The van der Waals surface area contributed by atoms with E-state index in [4.69, 9.17) is 5.73 Å². The lowest BCUT2D eigenvalue weighted by atomic mass is 9.86. The second kappa shape index (κ2) is 7.94. The fraction of sp³-hybridized carbons (Fsp3) is 0.300. The van der Waals surface area contributed by atoms with Crippen molar-refractivity contribution in [2.24, 2.45) is 5.73 Å². The van der Waals surface area contributed by atoms with E-state index in [1.54, 1.807) is 36.4 Å². The quantitative estimate of drug-likeness (QED) is 0.783. The van der Waals surface area contributed by atoms with Gasteiger partial charge in [-0.3, -0.25) is 9.59 Å². The van der Waals surface area contributed by atoms with Gasteiger partial charge in [0.05, 0.1) is 11.3 Å². The van der Waals surface area contributed by atoms with Gasteiger partial charge in [0.1, 0.15) is 0 Å². The van der Waals surface area contributed by atoms with Gasteiger partial charge in [-0.25, -0.2) is 0 Å². The number of anilines is 1. The van der Waals surface area contributed by atoms with Crippen molar-refractivity contribution in [2.75, 3.05) is 18.4 Å². The highest BCUT2D eigenvalue weighted by Crippen LogP contribution is 2.23. The van der Waals surface area contributed by atoms with Crippen molar-refractivity contribution in [2.45, 2.75) is 26.2 Å². The lowest BCUT2D eigenvalue weighted by molar-refractivity contribution is 0.0955. The third kappa shape index (κ3) is 4.90. The Balaban J connectivity index is 2.17. The van der Waals surface area contributed by atoms with Gasteiger partial charge in [0, 0.05) is 18.7 Å². The largest absolute Gasteiger partial charge is 0.351 e. The Hall–Kier alpha value is -2.66. The van der Waals surface area contributed by atoms with Gasteiger partial charge in [-0.1, -0.05) is 45.0 Å². The van der Waals surface area contributed by atoms with Crippen LogP contribution in [-0.4, -0.2) is 24.9 Å². The first kappa shape index (κ1) is 18.7. The first-order valence-corrected chi connectivity index (χ1v) is 8.32. The van der Waals surface area contributed by atoms with Crippen LogP contribution in [-0.2, 0) is 5.41 Å². The summed E-state index contributed by atoms with van der Waals surface area (Å²) in [6, 6.07) is 14.4. The summed E-state index contributed by atoms with van der Waals surface area (Å²) in [5, 5.41) is 5.52. The van der Waals surface area contributed by atoms with Crippen LogP contribution in [0.4, 0.5) is 5.69 Å². The van der Waals surface area contributed by atoms with E-state index in [-0.39, 0.29) is 17.2 Å². The van der Waals surface area contributed by atoms with Crippen LogP contribution < -0.4 is 16.4 Å². The van der Waals surface area contributed by atoms with E-state index < -0.39 is 0 Å². The Kier molecular flexibility index (Phi) is 5.93. The summed E-state index contributed by atoms with van der Waals surface area (Å²) in [4.78, 5) is 24.7. The molecule has 25 heavy (non-hydrogen) atoms. The van der Waals surface area contributed by atoms with Crippen LogP contribution in [0.3, 0.4) is 0 Å². The van der Waals surface area contributed by atoms with Gasteiger partial charge in [-0.2, -0.15) is 0 Å². The maximum absolute atomic E-state index is 12.5. The van der Waals surface area contributed by atoms with Crippen LogP contribution in [0.15, 0.2) is 48.5 Å². The second-order valence-electron chi connectivity index (χ2n) is 6.87. The number of benzene rings is 2. The molecule has 0 atom stereocenters. The van der Waals surface area contributed by atoms with Gasteiger partial charge in [0.25, 0.3) is 11.8 Å². The Labute approximate surface area is 148 Å². The molecule has 0 radical (unpaired) electrons. The average Bonchev–Trinajstić information content (AvgIpc) is 2.59. The molecule has 0 unspecified atom stereocenters. The van der Waals surface area contributed by atoms with E-state index in [1.165, 1.54) is 0 Å². The first-order chi connectivity index (χ1) is 11.8. The molecule has 0 saturated carbocycles. The highest BCUT2D eigenvalue weighted by molar-refractivity contribution is 6.09. The normalized spacial score (nSPS) is 11.0. The lowest BCUT2D eigenvalue weighted by Crippen LogP contribution is -2.30. The van der Waals surface area contributed by atoms with E-state index >= 15 is 0 Å². The summed E-state index contributed by atoms with van der Waals surface area (Å²) in [5.41, 5.74) is 8.03. The van der Waals surface area contributed by atoms with Gasteiger partial charge in [-0.05, 0) is 35.2 Å². The molecule has 5 heteroatoms. The maximum atomic E-state index is 12.5. The highest BCUT2D eigenvalue weighted by atomic mass is 16.2. The molecule has 0 aliphatic heterocycles. The molecule has 2 amide bonds. The van der Waals surface area contributed by atoms with Crippen molar-refractivity contribution in [1.82, 2.24) is 5.32 Å².